The Morgan fingerprint density at radius 1 is 1.45 bits per heavy atom. The molecule has 0 amide bonds. The number of rotatable bonds is 6. The number of aliphatic hydroxyl groups is 1. The lowest BCUT2D eigenvalue weighted by molar-refractivity contribution is -0.384. The highest BCUT2D eigenvalue weighted by molar-refractivity contribution is 7.89. The van der Waals surface area contributed by atoms with Gasteiger partial charge in [0.2, 0.25) is 10.0 Å². The van der Waals surface area contributed by atoms with E-state index < -0.39 is 43.2 Å². The van der Waals surface area contributed by atoms with E-state index in [0.717, 1.165) is 12.1 Å². The first-order chi connectivity index (χ1) is 9.24. The van der Waals surface area contributed by atoms with Gasteiger partial charge in [-0.3, -0.25) is 10.1 Å². The molecule has 0 heterocycles. The number of sulfonamides is 1. The van der Waals surface area contributed by atoms with Crippen LogP contribution in [0.2, 0.25) is 10.0 Å². The maximum absolute atomic E-state index is 12.1. The van der Waals surface area contributed by atoms with E-state index in [1.54, 1.807) is 6.92 Å². The fraction of sp³-hybridized carbons (Fsp3) is 0.400. The molecule has 1 aromatic rings. The number of benzene rings is 1. The third-order valence-electron chi connectivity index (χ3n) is 2.54. The third-order valence-corrected chi connectivity index (χ3v) is 4.90. The summed E-state index contributed by atoms with van der Waals surface area (Å²) in [5.74, 6) is 0. The number of halogens is 2. The lowest BCUT2D eigenvalue weighted by Gasteiger charge is -2.15. The van der Waals surface area contributed by atoms with Crippen molar-refractivity contribution in [2.24, 2.45) is 0 Å². The molecule has 20 heavy (non-hydrogen) atoms. The van der Waals surface area contributed by atoms with Crippen LogP contribution in [0.5, 0.6) is 0 Å². The highest BCUT2D eigenvalue weighted by Crippen LogP contribution is 2.37. The Kier molecular flexibility index (Phi) is 5.72. The second-order valence-electron chi connectivity index (χ2n) is 3.87. The van der Waals surface area contributed by atoms with Gasteiger partial charge in [-0.05, 0) is 18.6 Å². The lowest BCUT2D eigenvalue weighted by Crippen LogP contribution is -2.37. The molecule has 0 saturated carbocycles. The quantitative estimate of drug-likeness (QED) is 0.606. The molecule has 7 nitrogen and oxygen atoms in total. The van der Waals surface area contributed by atoms with Gasteiger partial charge in [-0.25, -0.2) is 13.1 Å². The van der Waals surface area contributed by atoms with E-state index in [1.165, 1.54) is 0 Å². The Bertz CT molecular complexity index is 616. The minimum absolute atomic E-state index is 0.256. The van der Waals surface area contributed by atoms with E-state index in [9.17, 15) is 18.5 Å². The predicted molar refractivity (Wildman–Crippen MR) is 74.6 cm³/mol. The summed E-state index contributed by atoms with van der Waals surface area (Å²) in [5, 5.41) is 19.0. The van der Waals surface area contributed by atoms with Gasteiger partial charge in [-0.2, -0.15) is 0 Å². The average molecular weight is 343 g/mol. The van der Waals surface area contributed by atoms with Crippen molar-refractivity contribution in [2.45, 2.75) is 24.3 Å². The summed E-state index contributed by atoms with van der Waals surface area (Å²) in [6.45, 7) is 1.28. The van der Waals surface area contributed by atoms with E-state index in [0.29, 0.717) is 6.42 Å². The highest BCUT2D eigenvalue weighted by Gasteiger charge is 2.28. The molecule has 1 unspecified atom stereocenters. The van der Waals surface area contributed by atoms with Gasteiger partial charge < -0.3 is 5.11 Å². The van der Waals surface area contributed by atoms with Gasteiger partial charge in [0.25, 0.3) is 0 Å². The number of hydrogen-bond acceptors (Lipinski definition) is 5. The number of nitrogens with zero attached hydrogens (tertiary/aromatic N) is 1. The van der Waals surface area contributed by atoms with Crippen LogP contribution in [0.4, 0.5) is 5.69 Å². The second-order valence-corrected chi connectivity index (χ2v) is 6.34. The second kappa shape index (κ2) is 6.68. The van der Waals surface area contributed by atoms with Crippen molar-refractivity contribution in [3.8, 4) is 0 Å². The normalized spacial score (nSPS) is 13.2. The van der Waals surface area contributed by atoms with Crippen molar-refractivity contribution in [1.29, 1.82) is 0 Å². The van der Waals surface area contributed by atoms with Gasteiger partial charge in [0.15, 0.2) is 0 Å². The summed E-state index contributed by atoms with van der Waals surface area (Å²) in [7, 11) is -4.09. The van der Waals surface area contributed by atoms with Crippen LogP contribution >= 0.6 is 23.2 Å². The first-order valence-electron chi connectivity index (χ1n) is 5.50. The Hall–Kier alpha value is -0.930. The van der Waals surface area contributed by atoms with Crippen LogP contribution in [0.3, 0.4) is 0 Å². The zero-order valence-electron chi connectivity index (χ0n) is 10.3. The SMILES string of the molecule is CCC(CO)NS(=O)(=O)c1ccc(Cl)c([N+](=O)[O-])c1Cl. The van der Waals surface area contributed by atoms with Gasteiger partial charge in [-0.1, -0.05) is 30.1 Å². The molecule has 2 N–H and O–H groups in total. The molecule has 0 fully saturated rings. The highest BCUT2D eigenvalue weighted by atomic mass is 35.5. The van der Waals surface area contributed by atoms with Crippen LogP contribution < -0.4 is 4.72 Å². The summed E-state index contributed by atoms with van der Waals surface area (Å²) >= 11 is 11.4. The average Bonchev–Trinajstić information content (AvgIpc) is 2.35. The molecule has 0 spiro atoms. The summed E-state index contributed by atoms with van der Waals surface area (Å²) in [6, 6.07) is 1.45. The smallest absolute Gasteiger partial charge is 0.307 e. The Balaban J connectivity index is 3.33. The molecule has 0 aliphatic carbocycles. The largest absolute Gasteiger partial charge is 0.395 e. The molecule has 0 saturated heterocycles. The molecule has 0 bridgehead atoms. The van der Waals surface area contributed by atoms with Crippen LogP contribution in [-0.2, 0) is 10.0 Å². The minimum atomic E-state index is -4.09. The zero-order valence-corrected chi connectivity index (χ0v) is 12.7. The molecular formula is C10H12Cl2N2O5S. The summed E-state index contributed by atoms with van der Waals surface area (Å²) < 4.78 is 26.4. The van der Waals surface area contributed by atoms with Crippen LogP contribution in [0.15, 0.2) is 17.0 Å². The van der Waals surface area contributed by atoms with Crippen LogP contribution in [0, 0.1) is 10.1 Å². The third kappa shape index (κ3) is 3.58. The van der Waals surface area contributed by atoms with Gasteiger partial charge >= 0.3 is 5.69 Å². The number of nitro benzene ring substituents is 1. The molecule has 1 atom stereocenters. The number of hydrogen-bond donors (Lipinski definition) is 2. The molecule has 10 heteroatoms. The molecule has 0 radical (unpaired) electrons. The van der Waals surface area contributed by atoms with E-state index in [1.807, 2.05) is 0 Å². The van der Waals surface area contributed by atoms with Crippen molar-refractivity contribution in [2.75, 3.05) is 6.61 Å². The van der Waals surface area contributed by atoms with Crippen molar-refractivity contribution in [3.05, 3.63) is 32.3 Å². The monoisotopic (exact) mass is 342 g/mol. The van der Waals surface area contributed by atoms with Crippen molar-refractivity contribution in [3.63, 3.8) is 0 Å². The fourth-order valence-electron chi connectivity index (χ4n) is 1.43. The summed E-state index contributed by atoms with van der Waals surface area (Å²) in [5.41, 5.74) is -0.673. The topological polar surface area (TPSA) is 110 Å². The minimum Gasteiger partial charge on any atom is -0.395 e. The zero-order chi connectivity index (χ0) is 15.5. The first-order valence-corrected chi connectivity index (χ1v) is 7.74. The molecule has 112 valence electrons. The molecule has 0 aromatic heterocycles. The molecule has 0 aliphatic rings. The van der Waals surface area contributed by atoms with Crippen LogP contribution in [0.1, 0.15) is 13.3 Å². The van der Waals surface area contributed by atoms with Gasteiger partial charge in [-0.15, -0.1) is 0 Å². The van der Waals surface area contributed by atoms with Crippen molar-refractivity contribution >= 4 is 38.9 Å². The first kappa shape index (κ1) is 17.1. The Labute approximate surface area is 125 Å². The van der Waals surface area contributed by atoms with Crippen LogP contribution in [-0.4, -0.2) is 31.1 Å². The van der Waals surface area contributed by atoms with E-state index in [-0.39, 0.29) is 5.02 Å². The maximum atomic E-state index is 12.1. The van der Waals surface area contributed by atoms with Gasteiger partial charge in [0, 0.05) is 6.04 Å². The van der Waals surface area contributed by atoms with E-state index in [4.69, 9.17) is 28.3 Å². The summed E-state index contributed by atoms with van der Waals surface area (Å²) in [6.07, 6.45) is 0.350. The maximum Gasteiger partial charge on any atom is 0.307 e. The van der Waals surface area contributed by atoms with E-state index in [2.05, 4.69) is 4.72 Å². The lowest BCUT2D eigenvalue weighted by atomic mass is 10.3. The summed E-state index contributed by atoms with van der Waals surface area (Å²) in [4.78, 5) is 9.53. The van der Waals surface area contributed by atoms with Gasteiger partial charge in [0.1, 0.15) is 14.9 Å². The van der Waals surface area contributed by atoms with E-state index >= 15 is 0 Å². The van der Waals surface area contributed by atoms with Crippen LogP contribution in [0.25, 0.3) is 0 Å². The van der Waals surface area contributed by atoms with Gasteiger partial charge in [0.05, 0.1) is 11.5 Å². The molecule has 1 aromatic carbocycles. The molecule has 1 rings (SSSR count). The number of nitro groups is 1. The standard InChI is InChI=1S/C10H12Cl2N2O5S/c1-2-6(5-15)13-20(18,19)8-4-3-7(11)10(9(8)12)14(16)17/h3-4,6,13,15H,2,5H2,1H3. The number of nitrogens with one attached hydrogen (secondary N) is 1. The molecular weight excluding hydrogens is 331 g/mol. The number of aliphatic hydroxyl groups excluding tert-OH is 1. The Morgan fingerprint density at radius 3 is 2.50 bits per heavy atom. The van der Waals surface area contributed by atoms with Crippen molar-refractivity contribution in [1.82, 2.24) is 4.72 Å². The fourth-order valence-corrected chi connectivity index (χ4v) is 3.63. The van der Waals surface area contributed by atoms with Crippen molar-refractivity contribution < 1.29 is 18.4 Å². The Morgan fingerprint density at radius 2 is 2.05 bits per heavy atom. The predicted octanol–water partition coefficient (Wildman–Crippen LogP) is 1.95. The molecule has 0 aliphatic heterocycles.